The highest BCUT2D eigenvalue weighted by Gasteiger charge is 2.37. The van der Waals surface area contributed by atoms with Crippen molar-refractivity contribution < 1.29 is 36.8 Å². The van der Waals surface area contributed by atoms with Crippen LogP contribution in [0.1, 0.15) is 73.8 Å². The predicted molar refractivity (Wildman–Crippen MR) is 194 cm³/mol. The predicted octanol–water partition coefficient (Wildman–Crippen LogP) is 7.29. The van der Waals surface area contributed by atoms with Crippen LogP contribution in [0.15, 0.2) is 70.2 Å². The second kappa shape index (κ2) is 14.7. The molecule has 15 heteroatoms. The van der Waals surface area contributed by atoms with E-state index in [1.165, 1.54) is 18.3 Å². The van der Waals surface area contributed by atoms with Crippen molar-refractivity contribution in [1.29, 1.82) is 0 Å². The number of hydrogen-bond donors (Lipinski definition) is 2. The molecule has 0 atom stereocenters. The molecule has 0 unspecified atom stereocenters. The summed E-state index contributed by atoms with van der Waals surface area (Å²) >= 11 is 0. The van der Waals surface area contributed by atoms with Crippen LogP contribution < -0.4 is 15.5 Å². The number of hydrogen-bond acceptors (Lipinski definition) is 11. The third-order valence-corrected chi connectivity index (χ3v) is 9.75. The number of sulfone groups is 1. The number of carbonyl (C=O) groups is 3. The Labute approximate surface area is 303 Å². The lowest BCUT2D eigenvalue weighted by Gasteiger charge is -2.28. The number of urea groups is 1. The Kier molecular flexibility index (Phi) is 10.8. The summed E-state index contributed by atoms with van der Waals surface area (Å²) in [6, 6.07) is 15.1. The smallest absolute Gasteiger partial charge is 0.425 e. The van der Waals surface area contributed by atoms with Crippen molar-refractivity contribution in [2.45, 2.75) is 102 Å². The minimum atomic E-state index is -3.52. The van der Waals surface area contributed by atoms with Gasteiger partial charge < -0.3 is 24.6 Å². The summed E-state index contributed by atoms with van der Waals surface area (Å²) in [4.78, 5) is 49.4. The maximum atomic E-state index is 13.6. The number of ether oxygens (including phenoxy) is 2. The van der Waals surface area contributed by atoms with Crippen molar-refractivity contribution in [1.82, 2.24) is 25.8 Å². The number of rotatable bonds is 9. The van der Waals surface area contributed by atoms with Gasteiger partial charge in [-0.2, -0.15) is 4.90 Å². The number of anilines is 1. The summed E-state index contributed by atoms with van der Waals surface area (Å²) in [5, 5.41) is 9.35. The van der Waals surface area contributed by atoms with Crippen molar-refractivity contribution in [2.24, 2.45) is 0 Å². The van der Waals surface area contributed by atoms with Gasteiger partial charge in [-0.25, -0.2) is 32.8 Å². The summed E-state index contributed by atoms with van der Waals surface area (Å²) < 4.78 is 42.4. The lowest BCUT2D eigenvalue weighted by molar-refractivity contribution is 0.0429. The van der Waals surface area contributed by atoms with Gasteiger partial charge in [0.2, 0.25) is 0 Å². The minimum Gasteiger partial charge on any atom is -0.443 e. The second-order valence-corrected chi connectivity index (χ2v) is 17.2. The van der Waals surface area contributed by atoms with E-state index in [2.05, 4.69) is 20.8 Å². The van der Waals surface area contributed by atoms with Gasteiger partial charge in [0.05, 0.1) is 22.0 Å². The molecule has 0 aliphatic heterocycles. The fourth-order valence-electron chi connectivity index (χ4n) is 4.76. The van der Waals surface area contributed by atoms with Crippen LogP contribution in [0.5, 0.6) is 0 Å². The summed E-state index contributed by atoms with van der Waals surface area (Å²) in [6.45, 7) is 13.5. The molecule has 2 aromatic carbocycles. The van der Waals surface area contributed by atoms with E-state index in [1.807, 2.05) is 24.3 Å². The molecule has 1 aliphatic carbocycles. The Morgan fingerprint density at radius 1 is 0.885 bits per heavy atom. The van der Waals surface area contributed by atoms with Gasteiger partial charge in [0.15, 0.2) is 27.1 Å². The number of imide groups is 1. The zero-order valence-electron chi connectivity index (χ0n) is 30.5. The van der Waals surface area contributed by atoms with Crippen molar-refractivity contribution in [3.05, 3.63) is 66.4 Å². The monoisotopic (exact) mass is 732 g/mol. The average Bonchev–Trinajstić information content (AvgIpc) is 3.73. The third-order valence-electron chi connectivity index (χ3n) is 7.58. The van der Waals surface area contributed by atoms with Crippen LogP contribution in [0.25, 0.3) is 34.0 Å². The summed E-state index contributed by atoms with van der Waals surface area (Å²) in [5.74, 6) is -0.169. The molecule has 5 rings (SSSR count). The molecule has 276 valence electrons. The van der Waals surface area contributed by atoms with Crippen LogP contribution in [0, 0.1) is 0 Å². The molecule has 52 heavy (non-hydrogen) atoms. The summed E-state index contributed by atoms with van der Waals surface area (Å²) in [5.41, 5.74) is 0.787. The summed E-state index contributed by atoms with van der Waals surface area (Å²) in [6.07, 6.45) is 1.24. The van der Waals surface area contributed by atoms with E-state index in [-0.39, 0.29) is 34.2 Å². The molecule has 1 fully saturated rings. The zero-order chi connectivity index (χ0) is 38.0. The molecule has 2 N–H and O–H groups in total. The van der Waals surface area contributed by atoms with E-state index < -0.39 is 38.5 Å². The molecule has 4 amide bonds. The molecule has 14 nitrogen and oxygen atoms in total. The van der Waals surface area contributed by atoms with Gasteiger partial charge >= 0.3 is 18.2 Å². The summed E-state index contributed by atoms with van der Waals surface area (Å²) in [7, 11) is -3.52. The Bertz CT molecular complexity index is 2010. The van der Waals surface area contributed by atoms with Gasteiger partial charge in [-0.15, -0.1) is 0 Å². The van der Waals surface area contributed by atoms with Crippen molar-refractivity contribution in [2.75, 3.05) is 4.90 Å². The number of nitrogens with one attached hydrogen (secondary N) is 2. The van der Waals surface area contributed by atoms with Crippen LogP contribution in [0.2, 0.25) is 0 Å². The second-order valence-electron chi connectivity index (χ2n) is 14.7. The quantitative estimate of drug-likeness (QED) is 0.176. The van der Waals surface area contributed by atoms with Crippen molar-refractivity contribution >= 4 is 33.9 Å². The SMILES string of the molecule is CC(C)S(=O)(=O)c1ccc(-c2cnc(N(C(=O)OC(C)(C)C)C(=O)OC(C)(C)C)c(-c3cc(-c4ccc(CNC(=O)NC5CC5)cc4)no3)n2)cc1. The maximum Gasteiger partial charge on any atom is 0.425 e. The number of benzene rings is 2. The number of nitrogens with zero attached hydrogens (tertiary/aromatic N) is 4. The van der Waals surface area contributed by atoms with E-state index >= 15 is 0 Å². The molecule has 1 aliphatic rings. The molecule has 1 saturated carbocycles. The molecule has 2 heterocycles. The van der Waals surface area contributed by atoms with Gasteiger partial charge in [-0.3, -0.25) is 0 Å². The molecule has 0 radical (unpaired) electrons. The molecule has 4 aromatic rings. The topological polar surface area (TPSA) is 183 Å². The first-order valence-electron chi connectivity index (χ1n) is 16.9. The van der Waals surface area contributed by atoms with E-state index in [4.69, 9.17) is 19.0 Å². The number of amides is 4. The molecular weight excluding hydrogens is 689 g/mol. The van der Waals surface area contributed by atoms with Crippen LogP contribution in [0.4, 0.5) is 20.2 Å². The Morgan fingerprint density at radius 3 is 1.98 bits per heavy atom. The number of carbonyl (C=O) groups excluding carboxylic acids is 3. The first-order chi connectivity index (χ1) is 24.3. The highest BCUT2D eigenvalue weighted by molar-refractivity contribution is 7.92. The fourth-order valence-corrected chi connectivity index (χ4v) is 5.82. The van der Waals surface area contributed by atoms with Crippen LogP contribution in [-0.4, -0.2) is 64.3 Å². The molecular formula is C37H44N6O8S. The zero-order valence-corrected chi connectivity index (χ0v) is 31.3. The average molecular weight is 733 g/mol. The third kappa shape index (κ3) is 9.51. The normalized spacial score (nSPS) is 13.4. The van der Waals surface area contributed by atoms with Gasteiger partial charge in [-0.05, 0) is 85.9 Å². The first kappa shape index (κ1) is 37.9. The highest BCUT2D eigenvalue weighted by Crippen LogP contribution is 2.35. The van der Waals surface area contributed by atoms with E-state index in [0.29, 0.717) is 34.0 Å². The lowest BCUT2D eigenvalue weighted by atomic mass is 10.1. The van der Waals surface area contributed by atoms with Crippen molar-refractivity contribution in [3.8, 4) is 34.0 Å². The van der Waals surface area contributed by atoms with E-state index in [0.717, 1.165) is 18.4 Å². The van der Waals surface area contributed by atoms with Crippen LogP contribution >= 0.6 is 0 Å². The van der Waals surface area contributed by atoms with Gasteiger partial charge in [0.25, 0.3) is 0 Å². The Balaban J connectivity index is 1.54. The molecule has 2 aromatic heterocycles. The number of aromatic nitrogens is 3. The fraction of sp³-hybridized carbons (Fsp3) is 0.405. The van der Waals surface area contributed by atoms with Gasteiger partial charge in [0, 0.05) is 29.8 Å². The molecule has 0 spiro atoms. The van der Waals surface area contributed by atoms with E-state index in [1.54, 1.807) is 73.6 Å². The minimum absolute atomic E-state index is 0.0330. The van der Waals surface area contributed by atoms with E-state index in [9.17, 15) is 22.8 Å². The van der Waals surface area contributed by atoms with Crippen molar-refractivity contribution in [3.63, 3.8) is 0 Å². The van der Waals surface area contributed by atoms with Crippen LogP contribution in [-0.2, 0) is 25.9 Å². The van der Waals surface area contributed by atoms with Crippen LogP contribution in [0.3, 0.4) is 0 Å². The van der Waals surface area contributed by atoms with Gasteiger partial charge in [-0.1, -0.05) is 41.6 Å². The van der Waals surface area contributed by atoms with Gasteiger partial charge in [0.1, 0.15) is 16.9 Å². The molecule has 0 bridgehead atoms. The maximum absolute atomic E-state index is 13.6. The Hall–Kier alpha value is -5.31. The Morgan fingerprint density at radius 2 is 1.44 bits per heavy atom. The highest BCUT2D eigenvalue weighted by atomic mass is 32.2. The lowest BCUT2D eigenvalue weighted by Crippen LogP contribution is -2.44. The standard InChI is InChI=1S/C37H44N6O8S/c1-22(2)52(47,48)27-17-13-25(14-18-27)29-21-38-32(43(34(45)49-36(3,4)5)35(46)50-37(6,7)8)31(41-29)30-19-28(42-51-30)24-11-9-23(10-12-24)20-39-33(44)40-26-15-16-26/h9-14,17-19,21-22,26H,15-16,20H2,1-8H3,(H2,39,40,44). The molecule has 0 saturated heterocycles. The largest absolute Gasteiger partial charge is 0.443 e. The first-order valence-corrected chi connectivity index (χ1v) is 18.4.